The molecule has 1 aliphatic heterocycles. The van der Waals surface area contributed by atoms with Crippen LogP contribution in [-0.4, -0.2) is 33.9 Å². The maximum atomic E-state index is 10.2. The van der Waals surface area contributed by atoms with E-state index in [9.17, 15) is 5.11 Å². The molecule has 1 fully saturated rings. The van der Waals surface area contributed by atoms with E-state index < -0.39 is 12.2 Å². The average Bonchev–Trinajstić information content (AvgIpc) is 2.91. The molecule has 3 rings (SSSR count). The molecule has 2 aliphatic rings. The lowest BCUT2D eigenvalue weighted by atomic mass is 9.87. The van der Waals surface area contributed by atoms with Crippen LogP contribution < -0.4 is 0 Å². The summed E-state index contributed by atoms with van der Waals surface area (Å²) in [6, 6.07) is 4.20. The average molecular weight is 274 g/mol. The molecule has 2 N–H and O–H groups in total. The largest absolute Gasteiger partial charge is 0.411 e. The molecule has 0 radical (unpaired) electrons. The number of aliphatic hydroxyl groups excluding tert-OH is 1. The zero-order valence-electron chi connectivity index (χ0n) is 11.8. The second-order valence-corrected chi connectivity index (χ2v) is 5.66. The Morgan fingerprint density at radius 3 is 2.50 bits per heavy atom. The number of hydrogen-bond acceptors (Lipinski definition) is 5. The van der Waals surface area contributed by atoms with Gasteiger partial charge < -0.3 is 15.2 Å². The van der Waals surface area contributed by atoms with E-state index in [-0.39, 0.29) is 5.92 Å². The van der Waals surface area contributed by atoms with Crippen LogP contribution in [0.25, 0.3) is 0 Å². The van der Waals surface area contributed by atoms with Crippen molar-refractivity contribution in [3.63, 3.8) is 0 Å². The van der Waals surface area contributed by atoms with Crippen molar-refractivity contribution in [2.45, 2.75) is 39.4 Å². The van der Waals surface area contributed by atoms with Crippen LogP contribution in [0, 0.1) is 26.7 Å². The third kappa shape index (κ3) is 1.81. The third-order valence-electron chi connectivity index (χ3n) is 4.13. The molecular weight excluding hydrogens is 256 g/mol. The predicted molar refractivity (Wildman–Crippen MR) is 75.4 cm³/mol. The van der Waals surface area contributed by atoms with E-state index in [0.717, 1.165) is 22.4 Å². The number of aliphatic hydroxyl groups is 1. The van der Waals surface area contributed by atoms with E-state index in [0.29, 0.717) is 12.1 Å². The molecule has 0 spiro atoms. The molecule has 20 heavy (non-hydrogen) atoms. The third-order valence-corrected chi connectivity index (χ3v) is 4.13. The maximum absolute atomic E-state index is 10.2. The first-order valence-corrected chi connectivity index (χ1v) is 6.73. The Morgan fingerprint density at radius 1 is 1.25 bits per heavy atom. The number of hydrogen-bond donors (Lipinski definition) is 2. The van der Waals surface area contributed by atoms with Crippen LogP contribution in [-0.2, 0) is 4.84 Å². The highest BCUT2D eigenvalue weighted by atomic mass is 16.6. The Labute approximate surface area is 117 Å². The maximum Gasteiger partial charge on any atom is 0.179 e. The Balaban J connectivity index is 2.05. The van der Waals surface area contributed by atoms with Gasteiger partial charge in [0, 0.05) is 12.0 Å². The minimum Gasteiger partial charge on any atom is -0.411 e. The molecular formula is C15H18N2O3. The molecule has 0 amide bonds. The molecule has 0 unspecified atom stereocenters. The van der Waals surface area contributed by atoms with E-state index in [4.69, 9.17) is 10.0 Å². The molecule has 1 saturated carbocycles. The highest BCUT2D eigenvalue weighted by Gasteiger charge is 2.50. The van der Waals surface area contributed by atoms with Gasteiger partial charge in [0.2, 0.25) is 0 Å². The van der Waals surface area contributed by atoms with Crippen LogP contribution in [0.15, 0.2) is 22.4 Å². The zero-order valence-corrected chi connectivity index (χ0v) is 11.8. The Kier molecular flexibility index (Phi) is 3.01. The van der Waals surface area contributed by atoms with Gasteiger partial charge in [0.05, 0.1) is 17.7 Å². The molecule has 1 heterocycles. The zero-order chi connectivity index (χ0) is 14.4. The Morgan fingerprint density at radius 2 is 1.90 bits per heavy atom. The summed E-state index contributed by atoms with van der Waals surface area (Å²) in [7, 11) is 0. The lowest BCUT2D eigenvalue weighted by Gasteiger charge is -2.17. The molecule has 1 aliphatic carbocycles. The molecule has 3 atom stereocenters. The highest BCUT2D eigenvalue weighted by Crippen LogP contribution is 2.36. The summed E-state index contributed by atoms with van der Waals surface area (Å²) in [4.78, 5) is 5.40. The minimum atomic E-state index is -0.618. The topological polar surface area (TPSA) is 74.4 Å². The van der Waals surface area contributed by atoms with Crippen LogP contribution in [0.2, 0.25) is 0 Å². The van der Waals surface area contributed by atoms with Gasteiger partial charge in [-0.3, -0.25) is 0 Å². The number of benzene rings is 1. The number of aryl methyl sites for hydroxylation is 3. The van der Waals surface area contributed by atoms with Crippen LogP contribution in [0.5, 0.6) is 0 Å². The summed E-state index contributed by atoms with van der Waals surface area (Å²) in [5.74, 6) is -0.249. The fourth-order valence-electron chi connectivity index (χ4n) is 3.39. The van der Waals surface area contributed by atoms with Crippen molar-refractivity contribution < 1.29 is 15.2 Å². The molecule has 5 heteroatoms. The summed E-state index contributed by atoms with van der Waals surface area (Å²) in [6.07, 6.45) is -0.730. The van der Waals surface area contributed by atoms with Crippen LogP contribution in [0.3, 0.4) is 0 Å². The standard InChI is InChI=1S/C15H18N2O3/c1-7-4-8(2)12(9(3)5-7)14-13-11(18)6-10(16-19)15(13)20-17-14/h4-5,11,13,15,18-19H,6H2,1-3H3/b16-10+/t11-,13-,15-/m1/s1. The van der Waals surface area contributed by atoms with E-state index >= 15 is 0 Å². The molecule has 0 bridgehead atoms. The SMILES string of the molecule is Cc1cc(C)c(C2=NO[C@@H]3/C(=N/O)C[C@@H](O)[C@H]23)c(C)c1. The summed E-state index contributed by atoms with van der Waals surface area (Å²) < 4.78 is 0. The molecule has 5 nitrogen and oxygen atoms in total. The lowest BCUT2D eigenvalue weighted by Crippen LogP contribution is -2.29. The number of rotatable bonds is 1. The van der Waals surface area contributed by atoms with Crippen LogP contribution >= 0.6 is 0 Å². The summed E-state index contributed by atoms with van der Waals surface area (Å²) in [5.41, 5.74) is 5.68. The van der Waals surface area contributed by atoms with Gasteiger partial charge in [0.15, 0.2) is 6.10 Å². The first kappa shape index (κ1) is 13.1. The summed E-state index contributed by atoms with van der Waals surface area (Å²) in [6.45, 7) is 6.13. The van der Waals surface area contributed by atoms with E-state index in [2.05, 4.69) is 29.4 Å². The quantitative estimate of drug-likeness (QED) is 0.607. The van der Waals surface area contributed by atoms with Crippen molar-refractivity contribution in [2.75, 3.05) is 0 Å². The molecule has 1 aromatic carbocycles. The fraction of sp³-hybridized carbons (Fsp3) is 0.467. The monoisotopic (exact) mass is 274 g/mol. The van der Waals surface area contributed by atoms with Gasteiger partial charge in [-0.1, -0.05) is 28.0 Å². The lowest BCUT2D eigenvalue weighted by molar-refractivity contribution is 0.0797. The first-order valence-electron chi connectivity index (χ1n) is 6.73. The van der Waals surface area contributed by atoms with Crippen molar-refractivity contribution in [2.24, 2.45) is 16.2 Å². The van der Waals surface area contributed by atoms with E-state index in [1.165, 1.54) is 5.56 Å². The smallest absolute Gasteiger partial charge is 0.179 e. The predicted octanol–water partition coefficient (Wildman–Crippen LogP) is 1.93. The molecule has 0 saturated heterocycles. The summed E-state index contributed by atoms with van der Waals surface area (Å²) >= 11 is 0. The minimum absolute atomic E-state index is 0.249. The normalized spacial score (nSPS) is 30.3. The second-order valence-electron chi connectivity index (χ2n) is 5.66. The van der Waals surface area contributed by atoms with Crippen molar-refractivity contribution in [3.8, 4) is 0 Å². The van der Waals surface area contributed by atoms with Gasteiger partial charge >= 0.3 is 0 Å². The fourth-order valence-corrected chi connectivity index (χ4v) is 3.39. The van der Waals surface area contributed by atoms with Crippen molar-refractivity contribution >= 4 is 11.4 Å². The number of oxime groups is 2. The van der Waals surface area contributed by atoms with E-state index in [1.807, 2.05) is 13.8 Å². The van der Waals surface area contributed by atoms with Gasteiger partial charge in [-0.2, -0.15) is 0 Å². The second kappa shape index (κ2) is 4.59. The van der Waals surface area contributed by atoms with Crippen molar-refractivity contribution in [1.29, 1.82) is 0 Å². The van der Waals surface area contributed by atoms with Crippen LogP contribution in [0.4, 0.5) is 0 Å². The van der Waals surface area contributed by atoms with Gasteiger partial charge in [-0.05, 0) is 31.9 Å². The highest BCUT2D eigenvalue weighted by molar-refractivity contribution is 6.10. The van der Waals surface area contributed by atoms with Gasteiger partial charge in [0.1, 0.15) is 5.71 Å². The summed E-state index contributed by atoms with van der Waals surface area (Å²) in [5, 5.41) is 26.6. The number of nitrogens with zero attached hydrogens (tertiary/aromatic N) is 2. The number of fused-ring (bicyclic) bond motifs is 1. The van der Waals surface area contributed by atoms with Crippen molar-refractivity contribution in [3.05, 3.63) is 34.4 Å². The van der Waals surface area contributed by atoms with Gasteiger partial charge in [-0.15, -0.1) is 0 Å². The Hall–Kier alpha value is -1.88. The first-order chi connectivity index (χ1) is 9.52. The molecule has 1 aromatic rings. The van der Waals surface area contributed by atoms with Crippen LogP contribution in [0.1, 0.15) is 28.7 Å². The Bertz CT molecular complexity index is 599. The van der Waals surface area contributed by atoms with Crippen molar-refractivity contribution in [1.82, 2.24) is 0 Å². The molecule has 106 valence electrons. The van der Waals surface area contributed by atoms with Gasteiger partial charge in [-0.25, -0.2) is 0 Å². The van der Waals surface area contributed by atoms with E-state index in [1.54, 1.807) is 0 Å². The molecule has 0 aromatic heterocycles. The van der Waals surface area contributed by atoms with Gasteiger partial charge in [0.25, 0.3) is 0 Å².